The Kier molecular flexibility index (Phi) is 4.74. The van der Waals surface area contributed by atoms with E-state index in [9.17, 15) is 0 Å². The first-order valence-corrected chi connectivity index (χ1v) is 8.68. The van der Waals surface area contributed by atoms with Gasteiger partial charge in [-0.3, -0.25) is 5.43 Å². The first-order valence-electron chi connectivity index (χ1n) is 8.68. The molecule has 0 atom stereocenters. The van der Waals surface area contributed by atoms with Crippen LogP contribution in [0.4, 0.5) is 5.82 Å². The summed E-state index contributed by atoms with van der Waals surface area (Å²) >= 11 is 0. The van der Waals surface area contributed by atoms with Crippen molar-refractivity contribution in [2.24, 2.45) is 11.0 Å². The molecule has 0 radical (unpaired) electrons. The van der Waals surface area contributed by atoms with E-state index < -0.39 is 0 Å². The Labute approximate surface area is 151 Å². The number of benzene rings is 1. The Morgan fingerprint density at radius 2 is 2.04 bits per heavy atom. The molecule has 0 amide bonds. The molecule has 26 heavy (non-hydrogen) atoms. The number of anilines is 1. The Hall–Kier alpha value is -3.00. The van der Waals surface area contributed by atoms with E-state index in [4.69, 9.17) is 4.74 Å². The van der Waals surface area contributed by atoms with Crippen LogP contribution in [0.2, 0.25) is 0 Å². The lowest BCUT2D eigenvalue weighted by molar-refractivity contribution is 0.414. The zero-order chi connectivity index (χ0) is 17.8. The molecule has 1 aliphatic rings. The van der Waals surface area contributed by atoms with Gasteiger partial charge in [0.05, 0.1) is 24.4 Å². The summed E-state index contributed by atoms with van der Waals surface area (Å²) in [5.41, 5.74) is 4.68. The zero-order valence-corrected chi connectivity index (χ0v) is 14.6. The van der Waals surface area contributed by atoms with Gasteiger partial charge in [-0.25, -0.2) is 14.6 Å². The molecular formula is C18H21N7O. The van der Waals surface area contributed by atoms with Gasteiger partial charge in [0.2, 0.25) is 0 Å². The number of rotatable bonds is 5. The van der Waals surface area contributed by atoms with Crippen LogP contribution in [0.15, 0.2) is 41.9 Å². The smallest absolute Gasteiger partial charge is 0.168 e. The number of fused-ring (bicyclic) bond motifs is 1. The van der Waals surface area contributed by atoms with Crippen molar-refractivity contribution in [3.05, 3.63) is 36.8 Å². The maximum Gasteiger partial charge on any atom is 0.168 e. The monoisotopic (exact) mass is 351 g/mol. The molecule has 0 spiro atoms. The van der Waals surface area contributed by atoms with E-state index in [0.29, 0.717) is 11.7 Å². The number of hydrogen-bond donors (Lipinski definition) is 2. The first-order chi connectivity index (χ1) is 12.8. The van der Waals surface area contributed by atoms with Crippen LogP contribution in [0.1, 0.15) is 12.8 Å². The molecule has 3 aromatic rings. The third kappa shape index (κ3) is 3.36. The Morgan fingerprint density at radius 3 is 2.81 bits per heavy atom. The van der Waals surface area contributed by atoms with Gasteiger partial charge in [-0.1, -0.05) is 0 Å². The van der Waals surface area contributed by atoms with Crippen LogP contribution in [0.5, 0.6) is 5.75 Å². The largest absolute Gasteiger partial charge is 0.497 e. The standard InChI is InChI=1S/C18H21N7O/c1-26-15-4-2-14(3-5-15)25-18-16(11-23-25)17(20-12-21-18)24-22-10-13-6-8-19-9-7-13/h2-5,10-13,19H,6-9H2,1H3,(H,20,21,24)/b22-10+. The molecule has 1 aliphatic heterocycles. The highest BCUT2D eigenvalue weighted by Crippen LogP contribution is 2.23. The first kappa shape index (κ1) is 16.5. The molecule has 0 aliphatic carbocycles. The summed E-state index contributed by atoms with van der Waals surface area (Å²) in [6.07, 6.45) is 7.47. The van der Waals surface area contributed by atoms with Crippen molar-refractivity contribution >= 4 is 23.1 Å². The molecule has 4 rings (SSSR count). The fourth-order valence-electron chi connectivity index (χ4n) is 3.04. The molecule has 134 valence electrons. The van der Waals surface area contributed by atoms with Gasteiger partial charge < -0.3 is 10.1 Å². The minimum atomic E-state index is 0.503. The lowest BCUT2D eigenvalue weighted by Gasteiger charge is -2.18. The number of hydrazone groups is 1. The van der Waals surface area contributed by atoms with Crippen molar-refractivity contribution in [3.63, 3.8) is 0 Å². The summed E-state index contributed by atoms with van der Waals surface area (Å²) in [6, 6.07) is 7.67. The summed E-state index contributed by atoms with van der Waals surface area (Å²) in [6.45, 7) is 2.09. The SMILES string of the molecule is COc1ccc(-n2ncc3c(N/N=C/C4CCNCC4)ncnc32)cc1. The highest BCUT2D eigenvalue weighted by Gasteiger charge is 2.12. The molecule has 2 N–H and O–H groups in total. The van der Waals surface area contributed by atoms with E-state index in [-0.39, 0.29) is 0 Å². The lowest BCUT2D eigenvalue weighted by Crippen LogP contribution is -2.28. The van der Waals surface area contributed by atoms with Gasteiger partial charge in [-0.2, -0.15) is 10.2 Å². The average Bonchev–Trinajstić information content (AvgIpc) is 3.14. The van der Waals surface area contributed by atoms with Gasteiger partial charge >= 0.3 is 0 Å². The topological polar surface area (TPSA) is 89.2 Å². The molecule has 3 heterocycles. The molecule has 2 aromatic heterocycles. The molecule has 0 bridgehead atoms. The molecule has 1 saturated heterocycles. The van der Waals surface area contributed by atoms with E-state index in [1.165, 1.54) is 6.33 Å². The van der Waals surface area contributed by atoms with Crippen LogP contribution in [-0.2, 0) is 0 Å². The number of nitrogens with zero attached hydrogens (tertiary/aromatic N) is 5. The van der Waals surface area contributed by atoms with Gasteiger partial charge in [-0.05, 0) is 56.1 Å². The molecular weight excluding hydrogens is 330 g/mol. The van der Waals surface area contributed by atoms with Gasteiger partial charge in [0.1, 0.15) is 12.1 Å². The summed E-state index contributed by atoms with van der Waals surface area (Å²) < 4.78 is 6.98. The Bertz CT molecular complexity index is 898. The number of hydrogen-bond acceptors (Lipinski definition) is 7. The Balaban J connectivity index is 1.57. The van der Waals surface area contributed by atoms with Gasteiger partial charge in [-0.15, -0.1) is 0 Å². The maximum atomic E-state index is 5.20. The van der Waals surface area contributed by atoms with Gasteiger partial charge in [0.25, 0.3) is 0 Å². The van der Waals surface area contributed by atoms with E-state index >= 15 is 0 Å². The highest BCUT2D eigenvalue weighted by atomic mass is 16.5. The van der Waals surface area contributed by atoms with Crippen LogP contribution in [0.3, 0.4) is 0 Å². The Morgan fingerprint density at radius 1 is 1.23 bits per heavy atom. The average molecular weight is 351 g/mol. The second kappa shape index (κ2) is 7.49. The number of ether oxygens (including phenoxy) is 1. The molecule has 8 nitrogen and oxygen atoms in total. The predicted octanol–water partition coefficient (Wildman–Crippen LogP) is 2.22. The number of aromatic nitrogens is 4. The van der Waals surface area contributed by atoms with E-state index in [2.05, 4.69) is 30.9 Å². The summed E-state index contributed by atoms with van der Waals surface area (Å²) in [4.78, 5) is 8.68. The van der Waals surface area contributed by atoms with Crippen molar-refractivity contribution in [3.8, 4) is 11.4 Å². The van der Waals surface area contributed by atoms with E-state index in [1.807, 2.05) is 30.5 Å². The molecule has 8 heteroatoms. The summed E-state index contributed by atoms with van der Waals surface area (Å²) in [5.74, 6) is 1.96. The molecule has 1 fully saturated rings. The van der Waals surface area contributed by atoms with Crippen molar-refractivity contribution in [1.29, 1.82) is 0 Å². The van der Waals surface area contributed by atoms with Crippen molar-refractivity contribution in [2.45, 2.75) is 12.8 Å². The second-order valence-electron chi connectivity index (χ2n) is 6.19. The van der Waals surface area contributed by atoms with Crippen LogP contribution in [0.25, 0.3) is 16.7 Å². The van der Waals surface area contributed by atoms with Crippen LogP contribution >= 0.6 is 0 Å². The minimum Gasteiger partial charge on any atom is -0.497 e. The number of nitrogens with one attached hydrogen (secondary N) is 2. The predicted molar refractivity (Wildman–Crippen MR) is 101 cm³/mol. The maximum absolute atomic E-state index is 5.20. The third-order valence-electron chi connectivity index (χ3n) is 4.52. The van der Waals surface area contributed by atoms with Crippen molar-refractivity contribution < 1.29 is 4.74 Å². The van der Waals surface area contributed by atoms with E-state index in [0.717, 1.165) is 48.4 Å². The molecule has 0 unspecified atom stereocenters. The third-order valence-corrected chi connectivity index (χ3v) is 4.52. The molecule has 1 aromatic carbocycles. The number of methoxy groups -OCH3 is 1. The quantitative estimate of drug-likeness (QED) is 0.541. The fourth-order valence-corrected chi connectivity index (χ4v) is 3.04. The van der Waals surface area contributed by atoms with Crippen molar-refractivity contribution in [2.75, 3.05) is 25.6 Å². The fraction of sp³-hybridized carbons (Fsp3) is 0.333. The van der Waals surface area contributed by atoms with Crippen molar-refractivity contribution in [1.82, 2.24) is 25.1 Å². The lowest BCUT2D eigenvalue weighted by atomic mass is 10.00. The highest BCUT2D eigenvalue weighted by molar-refractivity contribution is 5.87. The van der Waals surface area contributed by atoms with E-state index in [1.54, 1.807) is 18.0 Å². The summed E-state index contributed by atoms with van der Waals surface area (Å²) in [7, 11) is 1.65. The van der Waals surface area contributed by atoms with Crippen LogP contribution in [0, 0.1) is 5.92 Å². The van der Waals surface area contributed by atoms with Crippen LogP contribution in [-0.4, -0.2) is 46.2 Å². The van der Waals surface area contributed by atoms with Crippen LogP contribution < -0.4 is 15.5 Å². The van der Waals surface area contributed by atoms with Gasteiger partial charge in [0.15, 0.2) is 11.5 Å². The number of piperidine rings is 1. The minimum absolute atomic E-state index is 0.503. The zero-order valence-electron chi connectivity index (χ0n) is 14.6. The summed E-state index contributed by atoms with van der Waals surface area (Å²) in [5, 5.41) is 13.0. The molecule has 0 saturated carbocycles. The van der Waals surface area contributed by atoms with Gasteiger partial charge in [0, 0.05) is 6.21 Å². The second-order valence-corrected chi connectivity index (χ2v) is 6.19. The normalized spacial score (nSPS) is 15.6.